The van der Waals surface area contributed by atoms with Crippen molar-refractivity contribution in [2.45, 2.75) is 38.3 Å². The third-order valence-electron chi connectivity index (χ3n) is 4.59. The van der Waals surface area contributed by atoms with E-state index in [4.69, 9.17) is 10.2 Å². The van der Waals surface area contributed by atoms with Crippen molar-refractivity contribution < 1.29 is 9.21 Å². The zero-order valence-corrected chi connectivity index (χ0v) is 15.7. The lowest BCUT2D eigenvalue weighted by Crippen LogP contribution is -2.46. The highest BCUT2D eigenvalue weighted by molar-refractivity contribution is 5.85. The van der Waals surface area contributed by atoms with Crippen molar-refractivity contribution in [2.24, 2.45) is 5.73 Å². The second kappa shape index (κ2) is 10.3. The molecule has 1 aliphatic rings. The van der Waals surface area contributed by atoms with Crippen LogP contribution in [0.3, 0.4) is 0 Å². The van der Waals surface area contributed by atoms with Crippen LogP contribution in [0.1, 0.15) is 31.4 Å². The number of halogens is 1. The molecule has 3 N–H and O–H groups in total. The van der Waals surface area contributed by atoms with Gasteiger partial charge in [0.25, 0.3) is 0 Å². The molecule has 7 heteroatoms. The van der Waals surface area contributed by atoms with E-state index >= 15 is 0 Å². The molecule has 1 fully saturated rings. The second-order valence-corrected chi connectivity index (χ2v) is 6.47. The molecule has 2 aromatic rings. The topological polar surface area (TPSA) is 84.4 Å². The number of nitrogens with one attached hydrogen (secondary N) is 1. The summed E-state index contributed by atoms with van der Waals surface area (Å²) in [6.07, 6.45) is 5.59. The number of nitrogens with two attached hydrogens (primary N) is 1. The van der Waals surface area contributed by atoms with Crippen molar-refractivity contribution in [1.82, 2.24) is 15.2 Å². The molecule has 1 atom stereocenters. The lowest BCUT2D eigenvalue weighted by atomic mass is 10.0. The van der Waals surface area contributed by atoms with Crippen LogP contribution >= 0.6 is 12.4 Å². The molecular formula is C19H27ClN4O2. The van der Waals surface area contributed by atoms with Crippen molar-refractivity contribution in [2.75, 3.05) is 19.6 Å². The molecule has 0 radical (unpaired) electrons. The van der Waals surface area contributed by atoms with Crippen LogP contribution in [0, 0.1) is 0 Å². The zero-order valence-electron chi connectivity index (χ0n) is 14.9. The maximum Gasteiger partial charge on any atom is 0.226 e. The average Bonchev–Trinajstić information content (AvgIpc) is 3.11. The third-order valence-corrected chi connectivity index (χ3v) is 4.59. The quantitative estimate of drug-likeness (QED) is 0.773. The molecule has 0 bridgehead atoms. The molecule has 0 saturated carbocycles. The lowest BCUT2D eigenvalue weighted by molar-refractivity contribution is -0.121. The standard InChI is InChI=1S/C19H26N4O2.ClH/c20-10-9-18(24)21-12-17-8-4-5-11-23(17)13-16-14-25-19(22-16)15-6-2-1-3-7-15;/h1-3,6-7,14,17H,4-5,8-13,20H2,(H,21,24);1H. The fourth-order valence-corrected chi connectivity index (χ4v) is 3.25. The molecule has 1 saturated heterocycles. The lowest BCUT2D eigenvalue weighted by Gasteiger charge is -2.35. The summed E-state index contributed by atoms with van der Waals surface area (Å²) in [7, 11) is 0. The number of aromatic nitrogens is 1. The van der Waals surface area contributed by atoms with Crippen LogP contribution in [-0.2, 0) is 11.3 Å². The molecule has 26 heavy (non-hydrogen) atoms. The third kappa shape index (κ3) is 5.56. The summed E-state index contributed by atoms with van der Waals surface area (Å²) in [6, 6.07) is 10.3. The SMILES string of the molecule is Cl.NCCC(=O)NCC1CCCCN1Cc1coc(-c2ccccc2)n1. The van der Waals surface area contributed by atoms with Crippen molar-refractivity contribution >= 4 is 18.3 Å². The Morgan fingerprint density at radius 3 is 2.88 bits per heavy atom. The van der Waals surface area contributed by atoms with E-state index < -0.39 is 0 Å². The van der Waals surface area contributed by atoms with Gasteiger partial charge in [-0.25, -0.2) is 4.98 Å². The van der Waals surface area contributed by atoms with E-state index in [1.165, 1.54) is 12.8 Å². The molecule has 142 valence electrons. The largest absolute Gasteiger partial charge is 0.444 e. The van der Waals surface area contributed by atoms with Gasteiger partial charge in [0.05, 0.1) is 5.69 Å². The van der Waals surface area contributed by atoms with E-state index in [1.807, 2.05) is 30.3 Å². The van der Waals surface area contributed by atoms with Crippen LogP contribution in [-0.4, -0.2) is 41.5 Å². The fraction of sp³-hybridized carbons (Fsp3) is 0.474. The first kappa shape index (κ1) is 20.4. The summed E-state index contributed by atoms with van der Waals surface area (Å²) in [5.41, 5.74) is 7.34. The Hall–Kier alpha value is -1.89. The molecule has 6 nitrogen and oxygen atoms in total. The van der Waals surface area contributed by atoms with E-state index in [0.717, 1.165) is 30.8 Å². The number of piperidine rings is 1. The van der Waals surface area contributed by atoms with Crippen LogP contribution in [0.2, 0.25) is 0 Å². The van der Waals surface area contributed by atoms with Gasteiger partial charge in [-0.2, -0.15) is 0 Å². The number of carbonyl (C=O) groups is 1. The summed E-state index contributed by atoms with van der Waals surface area (Å²) in [5.74, 6) is 0.682. The Balaban J connectivity index is 0.00000243. The zero-order chi connectivity index (χ0) is 17.5. The number of rotatable bonds is 7. The monoisotopic (exact) mass is 378 g/mol. The summed E-state index contributed by atoms with van der Waals surface area (Å²) in [4.78, 5) is 18.7. The first-order valence-corrected chi connectivity index (χ1v) is 8.97. The molecule has 2 heterocycles. The highest BCUT2D eigenvalue weighted by atomic mass is 35.5. The number of hydrogen-bond donors (Lipinski definition) is 2. The predicted molar refractivity (Wildman–Crippen MR) is 104 cm³/mol. The summed E-state index contributed by atoms with van der Waals surface area (Å²) in [5, 5.41) is 3.00. The van der Waals surface area contributed by atoms with E-state index in [2.05, 4.69) is 15.2 Å². The molecule has 1 aromatic heterocycles. The molecule has 1 aromatic carbocycles. The van der Waals surface area contributed by atoms with E-state index in [1.54, 1.807) is 6.26 Å². The van der Waals surface area contributed by atoms with Gasteiger partial charge in [0, 0.05) is 37.7 Å². The molecule has 1 aliphatic heterocycles. The van der Waals surface area contributed by atoms with Crippen LogP contribution in [0.25, 0.3) is 11.5 Å². The maximum absolute atomic E-state index is 11.7. The number of hydrogen-bond acceptors (Lipinski definition) is 5. The minimum Gasteiger partial charge on any atom is -0.444 e. The Morgan fingerprint density at radius 1 is 1.31 bits per heavy atom. The first-order chi connectivity index (χ1) is 12.3. The molecule has 1 amide bonds. The maximum atomic E-state index is 11.7. The van der Waals surface area contributed by atoms with Gasteiger partial charge < -0.3 is 15.5 Å². The minimum atomic E-state index is 0. The van der Waals surface area contributed by atoms with Crippen molar-refractivity contribution in [3.63, 3.8) is 0 Å². The summed E-state index contributed by atoms with van der Waals surface area (Å²) in [6.45, 7) is 2.82. The van der Waals surface area contributed by atoms with Gasteiger partial charge in [0.2, 0.25) is 11.8 Å². The van der Waals surface area contributed by atoms with Crippen LogP contribution in [0.5, 0.6) is 0 Å². The van der Waals surface area contributed by atoms with Gasteiger partial charge in [-0.1, -0.05) is 24.6 Å². The van der Waals surface area contributed by atoms with Gasteiger partial charge >= 0.3 is 0 Å². The van der Waals surface area contributed by atoms with Gasteiger partial charge in [-0.3, -0.25) is 9.69 Å². The number of oxazole rings is 1. The average molecular weight is 379 g/mol. The molecule has 0 spiro atoms. The number of likely N-dealkylation sites (tertiary alicyclic amines) is 1. The van der Waals surface area contributed by atoms with Crippen molar-refractivity contribution in [3.8, 4) is 11.5 Å². The number of carbonyl (C=O) groups excluding carboxylic acids is 1. The van der Waals surface area contributed by atoms with E-state index in [9.17, 15) is 4.79 Å². The normalized spacial score (nSPS) is 17.5. The Kier molecular flexibility index (Phi) is 8.09. The Labute approximate surface area is 160 Å². The Bertz CT molecular complexity index is 677. The van der Waals surface area contributed by atoms with Gasteiger partial charge in [-0.05, 0) is 31.5 Å². The second-order valence-electron chi connectivity index (χ2n) is 6.47. The molecular weight excluding hydrogens is 352 g/mol. The van der Waals surface area contributed by atoms with Gasteiger partial charge in [-0.15, -0.1) is 12.4 Å². The van der Waals surface area contributed by atoms with Crippen LogP contribution in [0.4, 0.5) is 0 Å². The van der Waals surface area contributed by atoms with Crippen molar-refractivity contribution in [3.05, 3.63) is 42.3 Å². The smallest absolute Gasteiger partial charge is 0.226 e. The fourth-order valence-electron chi connectivity index (χ4n) is 3.25. The van der Waals surface area contributed by atoms with Gasteiger partial charge in [0.15, 0.2) is 0 Å². The number of amides is 1. The summed E-state index contributed by atoms with van der Waals surface area (Å²) < 4.78 is 5.64. The van der Waals surface area contributed by atoms with Crippen LogP contribution < -0.4 is 11.1 Å². The summed E-state index contributed by atoms with van der Waals surface area (Å²) >= 11 is 0. The minimum absolute atomic E-state index is 0. The van der Waals surface area contributed by atoms with E-state index in [0.29, 0.717) is 31.4 Å². The number of benzene rings is 1. The predicted octanol–water partition coefficient (Wildman–Crippen LogP) is 2.58. The highest BCUT2D eigenvalue weighted by Gasteiger charge is 2.24. The highest BCUT2D eigenvalue weighted by Crippen LogP contribution is 2.22. The molecule has 0 aliphatic carbocycles. The van der Waals surface area contributed by atoms with Gasteiger partial charge in [0.1, 0.15) is 6.26 Å². The first-order valence-electron chi connectivity index (χ1n) is 8.97. The Morgan fingerprint density at radius 2 is 2.12 bits per heavy atom. The van der Waals surface area contributed by atoms with Crippen molar-refractivity contribution in [1.29, 1.82) is 0 Å². The number of nitrogens with zero attached hydrogens (tertiary/aromatic N) is 2. The van der Waals surface area contributed by atoms with Crippen LogP contribution in [0.15, 0.2) is 41.0 Å². The molecule has 3 rings (SSSR count). The van der Waals surface area contributed by atoms with E-state index in [-0.39, 0.29) is 18.3 Å². The molecule has 1 unspecified atom stereocenters.